The summed E-state index contributed by atoms with van der Waals surface area (Å²) in [5.41, 5.74) is 2.09. The zero-order valence-electron chi connectivity index (χ0n) is 12.8. The van der Waals surface area contributed by atoms with Crippen LogP contribution in [-0.4, -0.2) is 42.0 Å². The SMILES string of the molecule is O=C1c2ccccc2C(=O)c2c(NCOCC(O)CCl)cccc21. The Hall–Kier alpha value is -2.21. The average Bonchev–Trinajstić information content (AvgIpc) is 2.62. The highest BCUT2D eigenvalue weighted by Gasteiger charge is 2.31. The van der Waals surface area contributed by atoms with Gasteiger partial charge in [0.15, 0.2) is 11.6 Å². The molecule has 1 aliphatic rings. The molecule has 24 heavy (non-hydrogen) atoms. The van der Waals surface area contributed by atoms with Crippen LogP contribution in [0.15, 0.2) is 42.5 Å². The highest BCUT2D eigenvalue weighted by molar-refractivity contribution is 6.30. The van der Waals surface area contributed by atoms with Crippen LogP contribution < -0.4 is 5.32 Å². The second-order valence-electron chi connectivity index (χ2n) is 5.43. The van der Waals surface area contributed by atoms with Gasteiger partial charge >= 0.3 is 0 Å². The molecule has 124 valence electrons. The van der Waals surface area contributed by atoms with E-state index in [1.165, 1.54) is 0 Å². The molecule has 2 aromatic carbocycles. The molecule has 1 unspecified atom stereocenters. The standard InChI is InChI=1S/C18H16ClNO4/c19-8-11(21)9-24-10-20-15-7-3-6-14-16(15)18(23)13-5-2-1-4-12(13)17(14)22/h1-7,11,20-21H,8-10H2. The van der Waals surface area contributed by atoms with Crippen molar-refractivity contribution in [3.8, 4) is 0 Å². The predicted molar refractivity (Wildman–Crippen MR) is 90.9 cm³/mol. The van der Waals surface area contributed by atoms with E-state index in [2.05, 4.69) is 5.32 Å². The zero-order chi connectivity index (χ0) is 17.1. The minimum absolute atomic E-state index is 0.0846. The van der Waals surface area contributed by atoms with E-state index < -0.39 is 6.10 Å². The van der Waals surface area contributed by atoms with Crippen LogP contribution in [0.5, 0.6) is 0 Å². The lowest BCUT2D eigenvalue weighted by atomic mass is 9.83. The van der Waals surface area contributed by atoms with Crippen LogP contribution in [0.2, 0.25) is 0 Å². The van der Waals surface area contributed by atoms with Gasteiger partial charge in [-0.25, -0.2) is 0 Å². The number of aliphatic hydroxyl groups is 1. The Kier molecular flexibility index (Phi) is 4.94. The first-order valence-electron chi connectivity index (χ1n) is 7.50. The van der Waals surface area contributed by atoms with Gasteiger partial charge < -0.3 is 15.2 Å². The molecule has 0 spiro atoms. The number of hydrogen-bond donors (Lipinski definition) is 2. The van der Waals surface area contributed by atoms with Gasteiger partial charge in [0.1, 0.15) is 6.73 Å². The second-order valence-corrected chi connectivity index (χ2v) is 5.74. The number of rotatable bonds is 6. The third-order valence-electron chi connectivity index (χ3n) is 3.81. The van der Waals surface area contributed by atoms with Crippen molar-refractivity contribution in [2.24, 2.45) is 0 Å². The van der Waals surface area contributed by atoms with Crippen molar-refractivity contribution in [2.45, 2.75) is 6.10 Å². The number of carbonyl (C=O) groups is 2. The van der Waals surface area contributed by atoms with E-state index in [1.807, 2.05) is 0 Å². The van der Waals surface area contributed by atoms with Crippen LogP contribution in [0.4, 0.5) is 5.69 Å². The fraction of sp³-hybridized carbons (Fsp3) is 0.222. The Morgan fingerprint density at radius 2 is 1.67 bits per heavy atom. The number of alkyl halides is 1. The molecule has 0 bridgehead atoms. The maximum atomic E-state index is 12.8. The van der Waals surface area contributed by atoms with Gasteiger partial charge in [-0.2, -0.15) is 0 Å². The Morgan fingerprint density at radius 3 is 2.38 bits per heavy atom. The Morgan fingerprint density at radius 1 is 1.00 bits per heavy atom. The average molecular weight is 346 g/mol. The monoisotopic (exact) mass is 345 g/mol. The third kappa shape index (κ3) is 3.06. The fourth-order valence-electron chi connectivity index (χ4n) is 2.66. The summed E-state index contributed by atoms with van der Waals surface area (Å²) in [7, 11) is 0. The van der Waals surface area contributed by atoms with E-state index >= 15 is 0 Å². The van der Waals surface area contributed by atoms with Gasteiger partial charge in [-0.05, 0) is 6.07 Å². The molecule has 0 aliphatic heterocycles. The molecule has 5 nitrogen and oxygen atoms in total. The van der Waals surface area contributed by atoms with E-state index in [0.717, 1.165) is 0 Å². The van der Waals surface area contributed by atoms with E-state index in [0.29, 0.717) is 27.9 Å². The van der Waals surface area contributed by atoms with Crippen LogP contribution in [0.3, 0.4) is 0 Å². The van der Waals surface area contributed by atoms with Gasteiger partial charge in [0.25, 0.3) is 0 Å². The summed E-state index contributed by atoms with van der Waals surface area (Å²) in [5, 5.41) is 12.3. The molecular formula is C18H16ClNO4. The number of anilines is 1. The molecule has 3 rings (SSSR count). The molecule has 0 heterocycles. The third-order valence-corrected chi connectivity index (χ3v) is 4.16. The van der Waals surface area contributed by atoms with Crippen LogP contribution in [0, 0.1) is 0 Å². The Labute approximate surface area is 144 Å². The number of carbonyl (C=O) groups excluding carboxylic acids is 2. The number of nitrogens with one attached hydrogen (secondary N) is 1. The molecule has 2 N–H and O–H groups in total. The first-order chi connectivity index (χ1) is 11.6. The van der Waals surface area contributed by atoms with Crippen molar-refractivity contribution in [3.63, 3.8) is 0 Å². The van der Waals surface area contributed by atoms with Crippen molar-refractivity contribution in [2.75, 3.05) is 24.5 Å². The highest BCUT2D eigenvalue weighted by atomic mass is 35.5. The highest BCUT2D eigenvalue weighted by Crippen LogP contribution is 2.31. The van der Waals surface area contributed by atoms with E-state index in [1.54, 1.807) is 42.5 Å². The molecule has 0 radical (unpaired) electrons. The molecule has 0 fully saturated rings. The fourth-order valence-corrected chi connectivity index (χ4v) is 2.75. The molecule has 0 amide bonds. The number of ketones is 2. The minimum Gasteiger partial charge on any atom is -0.389 e. The second kappa shape index (κ2) is 7.13. The molecule has 0 aromatic heterocycles. The maximum Gasteiger partial charge on any atom is 0.196 e. The number of ether oxygens (including phenoxy) is 1. The van der Waals surface area contributed by atoms with Crippen molar-refractivity contribution >= 4 is 28.9 Å². The zero-order valence-corrected chi connectivity index (χ0v) is 13.5. The predicted octanol–water partition coefficient (Wildman–Crippen LogP) is 2.45. The summed E-state index contributed by atoms with van der Waals surface area (Å²) in [6, 6.07) is 11.9. The number of halogens is 1. The van der Waals surface area contributed by atoms with Crippen LogP contribution in [0.1, 0.15) is 31.8 Å². The smallest absolute Gasteiger partial charge is 0.196 e. The lowest BCUT2D eigenvalue weighted by Gasteiger charge is -2.20. The Balaban J connectivity index is 1.85. The molecule has 0 saturated carbocycles. The van der Waals surface area contributed by atoms with Gasteiger partial charge in [0, 0.05) is 22.4 Å². The van der Waals surface area contributed by atoms with Gasteiger partial charge in [0.05, 0.1) is 24.2 Å². The van der Waals surface area contributed by atoms with Crippen molar-refractivity contribution in [1.29, 1.82) is 0 Å². The lowest BCUT2D eigenvalue weighted by molar-refractivity contribution is 0.0568. The van der Waals surface area contributed by atoms with Crippen molar-refractivity contribution < 1.29 is 19.4 Å². The van der Waals surface area contributed by atoms with Gasteiger partial charge in [-0.15, -0.1) is 11.6 Å². The quantitative estimate of drug-likeness (QED) is 0.408. The van der Waals surface area contributed by atoms with Gasteiger partial charge in [0.2, 0.25) is 0 Å². The van der Waals surface area contributed by atoms with E-state index in [9.17, 15) is 14.7 Å². The molecule has 0 saturated heterocycles. The largest absolute Gasteiger partial charge is 0.389 e. The first-order valence-corrected chi connectivity index (χ1v) is 8.04. The molecule has 6 heteroatoms. The van der Waals surface area contributed by atoms with Gasteiger partial charge in [-0.1, -0.05) is 36.4 Å². The summed E-state index contributed by atoms with van der Waals surface area (Å²) >= 11 is 5.49. The normalized spacial score (nSPS) is 14.1. The van der Waals surface area contributed by atoms with Crippen LogP contribution in [-0.2, 0) is 4.74 Å². The number of fused-ring (bicyclic) bond motifs is 2. The number of hydrogen-bond acceptors (Lipinski definition) is 5. The van der Waals surface area contributed by atoms with E-state index in [4.69, 9.17) is 16.3 Å². The first kappa shape index (κ1) is 16.6. The topological polar surface area (TPSA) is 75.6 Å². The molecule has 2 aromatic rings. The van der Waals surface area contributed by atoms with E-state index in [-0.39, 0.29) is 30.8 Å². The van der Waals surface area contributed by atoms with Crippen LogP contribution >= 0.6 is 11.6 Å². The Bertz CT molecular complexity index is 790. The molecule has 1 atom stereocenters. The summed E-state index contributed by atoms with van der Waals surface area (Å²) in [6.45, 7) is 0.175. The summed E-state index contributed by atoms with van der Waals surface area (Å²) in [6.07, 6.45) is -0.742. The molecular weight excluding hydrogens is 330 g/mol. The van der Waals surface area contributed by atoms with Crippen molar-refractivity contribution in [3.05, 3.63) is 64.7 Å². The summed E-state index contributed by atoms with van der Waals surface area (Å²) < 4.78 is 5.27. The number of benzene rings is 2. The molecule has 1 aliphatic carbocycles. The summed E-state index contributed by atoms with van der Waals surface area (Å²) in [4.78, 5) is 25.4. The van der Waals surface area contributed by atoms with Gasteiger partial charge in [-0.3, -0.25) is 9.59 Å². The minimum atomic E-state index is -0.742. The van der Waals surface area contributed by atoms with Crippen LogP contribution in [0.25, 0.3) is 0 Å². The number of aliphatic hydroxyl groups excluding tert-OH is 1. The maximum absolute atomic E-state index is 12.8. The summed E-state index contributed by atoms with van der Waals surface area (Å²) in [5.74, 6) is -0.267. The van der Waals surface area contributed by atoms with Crippen molar-refractivity contribution in [1.82, 2.24) is 0 Å². The lowest BCUT2D eigenvalue weighted by Crippen LogP contribution is -2.24.